The average Bonchev–Trinajstić information content (AvgIpc) is 3.28. The van der Waals surface area contributed by atoms with Crippen LogP contribution in [0.2, 0.25) is 0 Å². The van der Waals surface area contributed by atoms with Crippen LogP contribution in [-0.2, 0) is 29.9 Å². The minimum atomic E-state index is 0.0713. The number of hydrogen-bond donors (Lipinski definition) is 0. The maximum absolute atomic E-state index is 13.3. The van der Waals surface area contributed by atoms with Crippen LogP contribution in [0.25, 0.3) is 10.2 Å². The molecule has 0 spiro atoms. The van der Waals surface area contributed by atoms with Crippen LogP contribution in [0.3, 0.4) is 0 Å². The summed E-state index contributed by atoms with van der Waals surface area (Å²) in [5.41, 5.74) is 2.40. The largest absolute Gasteiger partial charge is 0.494 e. The van der Waals surface area contributed by atoms with E-state index in [0.717, 1.165) is 45.9 Å². The number of methoxy groups -OCH3 is 1. The Morgan fingerprint density at radius 3 is 2.96 bits per heavy atom. The molecule has 28 heavy (non-hydrogen) atoms. The number of fused-ring (bicyclic) bond motifs is 3. The molecule has 0 unspecified atom stereocenters. The number of hydrogen-bond acceptors (Lipinski definition) is 6. The van der Waals surface area contributed by atoms with Crippen LogP contribution in [0.4, 0.5) is 0 Å². The van der Waals surface area contributed by atoms with Crippen LogP contribution in [0.15, 0.2) is 34.2 Å². The van der Waals surface area contributed by atoms with Crippen LogP contribution >= 0.6 is 23.1 Å². The second-order valence-electron chi connectivity index (χ2n) is 6.71. The van der Waals surface area contributed by atoms with Crippen LogP contribution in [0.5, 0.6) is 5.75 Å². The maximum Gasteiger partial charge on any atom is 0.263 e. The number of nitrogens with zero attached hydrogens (tertiary/aromatic N) is 2. The summed E-state index contributed by atoms with van der Waals surface area (Å²) < 4.78 is 12.8. The van der Waals surface area contributed by atoms with Gasteiger partial charge in [-0.3, -0.25) is 9.36 Å². The molecule has 2 aromatic heterocycles. The number of ether oxygens (including phenoxy) is 2. The molecular formula is C21H24N2O3S2. The van der Waals surface area contributed by atoms with Gasteiger partial charge in [-0.25, -0.2) is 4.98 Å². The van der Waals surface area contributed by atoms with Gasteiger partial charge in [-0.15, -0.1) is 11.3 Å². The van der Waals surface area contributed by atoms with E-state index in [1.54, 1.807) is 34.8 Å². The van der Waals surface area contributed by atoms with Gasteiger partial charge in [0.05, 0.1) is 25.1 Å². The minimum Gasteiger partial charge on any atom is -0.494 e. The summed E-state index contributed by atoms with van der Waals surface area (Å²) in [6.45, 7) is 3.61. The number of rotatable bonds is 8. The van der Waals surface area contributed by atoms with Crippen LogP contribution in [0, 0.1) is 0 Å². The van der Waals surface area contributed by atoms with Gasteiger partial charge >= 0.3 is 0 Å². The van der Waals surface area contributed by atoms with Crippen molar-refractivity contribution in [3.63, 3.8) is 0 Å². The van der Waals surface area contributed by atoms with E-state index in [-0.39, 0.29) is 5.56 Å². The predicted molar refractivity (Wildman–Crippen MR) is 115 cm³/mol. The summed E-state index contributed by atoms with van der Waals surface area (Å²) in [4.78, 5) is 20.4. The summed E-state index contributed by atoms with van der Waals surface area (Å²) in [7, 11) is 1.66. The Morgan fingerprint density at radius 1 is 1.29 bits per heavy atom. The van der Waals surface area contributed by atoms with Crippen molar-refractivity contribution in [2.45, 2.75) is 43.6 Å². The van der Waals surface area contributed by atoms with E-state index in [9.17, 15) is 4.79 Å². The molecule has 2 heterocycles. The lowest BCUT2D eigenvalue weighted by Gasteiger charge is -2.13. The smallest absolute Gasteiger partial charge is 0.263 e. The monoisotopic (exact) mass is 416 g/mol. The Kier molecular flexibility index (Phi) is 6.04. The van der Waals surface area contributed by atoms with Crippen molar-refractivity contribution < 1.29 is 9.47 Å². The zero-order chi connectivity index (χ0) is 19.5. The third-order valence-corrected chi connectivity index (χ3v) is 7.15. The standard InChI is InChI=1S/C21H24N2O3S2/c1-3-26-16-9-5-4-7-14(16)13-27-21-22-19-18(15-8-6-10-17(15)28-19)20(24)23(21)11-12-25-2/h4-5,7,9H,3,6,8,10-13H2,1-2H3. The number of thioether (sulfide) groups is 1. The summed E-state index contributed by atoms with van der Waals surface area (Å²) in [6, 6.07) is 8.04. The number of thiophene rings is 1. The molecule has 1 aromatic carbocycles. The van der Waals surface area contributed by atoms with E-state index in [0.29, 0.717) is 25.5 Å². The molecule has 3 aromatic rings. The fourth-order valence-corrected chi connectivity index (χ4v) is 5.93. The molecule has 0 saturated heterocycles. The van der Waals surface area contributed by atoms with Gasteiger partial charge in [-0.2, -0.15) is 0 Å². The Balaban J connectivity index is 1.70. The summed E-state index contributed by atoms with van der Waals surface area (Å²) >= 11 is 3.27. The van der Waals surface area contributed by atoms with Crippen molar-refractivity contribution in [1.82, 2.24) is 9.55 Å². The highest BCUT2D eigenvalue weighted by Gasteiger charge is 2.23. The lowest BCUT2D eigenvalue weighted by Crippen LogP contribution is -2.25. The highest BCUT2D eigenvalue weighted by atomic mass is 32.2. The molecule has 0 amide bonds. The highest BCUT2D eigenvalue weighted by Crippen LogP contribution is 2.36. The van der Waals surface area contributed by atoms with Crippen molar-refractivity contribution in [3.8, 4) is 5.75 Å². The van der Waals surface area contributed by atoms with Gasteiger partial charge in [0.15, 0.2) is 5.16 Å². The van der Waals surface area contributed by atoms with Crippen molar-refractivity contribution in [1.29, 1.82) is 0 Å². The second kappa shape index (κ2) is 8.68. The van der Waals surface area contributed by atoms with Gasteiger partial charge in [0, 0.05) is 23.3 Å². The molecule has 148 valence electrons. The Labute approximate surface area is 172 Å². The van der Waals surface area contributed by atoms with E-state index in [1.807, 2.05) is 25.1 Å². The first-order chi connectivity index (χ1) is 13.7. The molecular weight excluding hydrogens is 392 g/mol. The van der Waals surface area contributed by atoms with Gasteiger partial charge < -0.3 is 9.47 Å². The van der Waals surface area contributed by atoms with Crippen LogP contribution < -0.4 is 10.3 Å². The first-order valence-electron chi connectivity index (χ1n) is 9.60. The molecule has 0 fully saturated rings. The quantitative estimate of drug-likeness (QED) is 0.405. The Bertz CT molecular complexity index is 1040. The zero-order valence-electron chi connectivity index (χ0n) is 16.2. The maximum atomic E-state index is 13.3. The van der Waals surface area contributed by atoms with Gasteiger partial charge in [0.1, 0.15) is 10.6 Å². The van der Waals surface area contributed by atoms with Crippen molar-refractivity contribution in [2.24, 2.45) is 0 Å². The second-order valence-corrected chi connectivity index (χ2v) is 8.74. The van der Waals surface area contributed by atoms with Crippen molar-refractivity contribution in [3.05, 3.63) is 50.6 Å². The normalized spacial score (nSPS) is 13.2. The topological polar surface area (TPSA) is 53.3 Å². The SMILES string of the molecule is CCOc1ccccc1CSc1nc2sc3c(c2c(=O)n1CCOC)CCC3. The molecule has 0 aliphatic heterocycles. The molecule has 0 saturated carbocycles. The van der Waals surface area contributed by atoms with Crippen LogP contribution in [0.1, 0.15) is 29.3 Å². The number of aryl methyl sites for hydroxylation is 2. The highest BCUT2D eigenvalue weighted by molar-refractivity contribution is 7.98. The third kappa shape index (κ3) is 3.71. The van der Waals surface area contributed by atoms with E-state index in [2.05, 4.69) is 6.07 Å². The first-order valence-corrected chi connectivity index (χ1v) is 11.4. The molecule has 4 rings (SSSR count). The summed E-state index contributed by atoms with van der Waals surface area (Å²) in [5.74, 6) is 1.59. The molecule has 1 aliphatic rings. The molecule has 0 atom stereocenters. The zero-order valence-corrected chi connectivity index (χ0v) is 17.8. The molecule has 1 aliphatic carbocycles. The van der Waals surface area contributed by atoms with Gasteiger partial charge in [-0.05, 0) is 37.8 Å². The molecule has 0 N–H and O–H groups in total. The van der Waals surface area contributed by atoms with Crippen LogP contribution in [-0.4, -0.2) is 29.9 Å². The lowest BCUT2D eigenvalue weighted by molar-refractivity contribution is 0.183. The number of para-hydroxylation sites is 1. The molecule has 0 bridgehead atoms. The third-order valence-electron chi connectivity index (χ3n) is 4.94. The Hall–Kier alpha value is -1.83. The Morgan fingerprint density at radius 2 is 2.14 bits per heavy atom. The first kappa shape index (κ1) is 19.5. The van der Waals surface area contributed by atoms with E-state index >= 15 is 0 Å². The summed E-state index contributed by atoms with van der Waals surface area (Å²) in [6.07, 6.45) is 3.20. The van der Waals surface area contributed by atoms with E-state index in [4.69, 9.17) is 14.5 Å². The number of aromatic nitrogens is 2. The van der Waals surface area contributed by atoms with E-state index in [1.165, 1.54) is 10.4 Å². The number of benzene rings is 1. The molecule has 7 heteroatoms. The lowest BCUT2D eigenvalue weighted by atomic mass is 10.2. The van der Waals surface area contributed by atoms with Crippen molar-refractivity contribution >= 4 is 33.3 Å². The van der Waals surface area contributed by atoms with Gasteiger partial charge in [-0.1, -0.05) is 30.0 Å². The molecule has 5 nitrogen and oxygen atoms in total. The molecule has 0 radical (unpaired) electrons. The average molecular weight is 417 g/mol. The van der Waals surface area contributed by atoms with Gasteiger partial charge in [0.2, 0.25) is 0 Å². The predicted octanol–water partition coefficient (Wildman–Crippen LogP) is 4.28. The fourth-order valence-electron chi connectivity index (χ4n) is 3.61. The van der Waals surface area contributed by atoms with Crippen molar-refractivity contribution in [2.75, 3.05) is 20.3 Å². The van der Waals surface area contributed by atoms with E-state index < -0.39 is 0 Å². The summed E-state index contributed by atoms with van der Waals surface area (Å²) in [5, 5.41) is 1.58. The van der Waals surface area contributed by atoms with Gasteiger partial charge in [0.25, 0.3) is 5.56 Å². The minimum absolute atomic E-state index is 0.0713. The fraction of sp³-hybridized carbons (Fsp3) is 0.429.